The maximum atomic E-state index is 11.8. The summed E-state index contributed by atoms with van der Waals surface area (Å²) in [5.74, 6) is -0.0882. The monoisotopic (exact) mass is 287 g/mol. The molecule has 1 aliphatic rings. The number of nitrogens with one attached hydrogen (secondary N) is 1. The van der Waals surface area contributed by atoms with E-state index in [4.69, 9.17) is 11.6 Å². The van der Waals surface area contributed by atoms with Crippen molar-refractivity contribution in [2.75, 3.05) is 26.2 Å². The molecule has 0 aromatic heterocycles. The van der Waals surface area contributed by atoms with Gasteiger partial charge in [-0.15, -0.1) is 0 Å². The molecule has 0 radical (unpaired) electrons. The van der Waals surface area contributed by atoms with Crippen molar-refractivity contribution in [3.63, 3.8) is 0 Å². The highest BCUT2D eigenvalue weighted by atomic mass is 35.5. The molecule has 0 bridgehead atoms. The average molecular weight is 288 g/mol. The first-order valence-electron chi connectivity index (χ1n) is 6.02. The Morgan fingerprint density at radius 3 is 2.61 bits per heavy atom. The van der Waals surface area contributed by atoms with Crippen LogP contribution in [0.3, 0.4) is 0 Å². The highest BCUT2D eigenvalue weighted by Gasteiger charge is 2.12. The number of hydrogen-bond acceptors (Lipinski definition) is 2. The average Bonchev–Trinajstić information content (AvgIpc) is 2.82. The van der Waals surface area contributed by atoms with Crippen LogP contribution in [0.4, 0.5) is 0 Å². The summed E-state index contributed by atoms with van der Waals surface area (Å²) in [5.41, 5.74) is 0.551. The topological polar surface area (TPSA) is 32.3 Å². The third-order valence-electron chi connectivity index (χ3n) is 3.03. The zero-order chi connectivity index (χ0) is 12.1. The Bertz CT molecular complexity index is 392. The van der Waals surface area contributed by atoms with Crippen molar-refractivity contribution in [1.29, 1.82) is 0 Å². The zero-order valence-corrected chi connectivity index (χ0v) is 11.7. The quantitative estimate of drug-likeness (QED) is 0.784. The van der Waals surface area contributed by atoms with E-state index in [0.29, 0.717) is 17.1 Å². The molecule has 0 atom stereocenters. The first kappa shape index (κ1) is 15.3. The summed E-state index contributed by atoms with van der Waals surface area (Å²) in [6, 6.07) is 7.12. The maximum absolute atomic E-state index is 11.8. The molecule has 3 nitrogen and oxygen atoms in total. The second-order valence-electron chi connectivity index (χ2n) is 4.28. The molecule has 1 aromatic rings. The molecular weight excluding hydrogens is 271 g/mol. The highest BCUT2D eigenvalue weighted by Crippen LogP contribution is 2.14. The smallest absolute Gasteiger partial charge is 0.252 e. The fourth-order valence-electron chi connectivity index (χ4n) is 2.07. The lowest BCUT2D eigenvalue weighted by Crippen LogP contribution is -3.00. The minimum Gasteiger partial charge on any atom is -1.00 e. The summed E-state index contributed by atoms with van der Waals surface area (Å²) in [6.07, 6.45) is 2.55. The van der Waals surface area contributed by atoms with Gasteiger partial charge in [0.1, 0.15) is 0 Å². The van der Waals surface area contributed by atoms with Crippen LogP contribution in [0.2, 0.25) is 5.02 Å². The van der Waals surface area contributed by atoms with Crippen molar-refractivity contribution in [3.05, 3.63) is 34.9 Å². The predicted molar refractivity (Wildman–Crippen MR) is 69.5 cm³/mol. The summed E-state index contributed by atoms with van der Waals surface area (Å²) in [5, 5.41) is 3.41. The minimum atomic E-state index is -0.0882. The number of benzene rings is 1. The van der Waals surface area contributed by atoms with Gasteiger partial charge in [0.15, 0.2) is 0 Å². The van der Waals surface area contributed by atoms with E-state index in [1.165, 1.54) is 12.8 Å². The Labute approximate surface area is 119 Å². The van der Waals surface area contributed by atoms with Crippen LogP contribution in [-0.2, 0) is 0 Å². The Hall–Kier alpha value is -0.770. The molecule has 0 unspecified atom stereocenters. The van der Waals surface area contributed by atoms with Gasteiger partial charge >= 0.3 is 0 Å². The molecule has 1 fully saturated rings. The number of hydrogen-bond donors (Lipinski definition) is 1. The van der Waals surface area contributed by atoms with Gasteiger partial charge in [-0.2, -0.15) is 0 Å². The summed E-state index contributed by atoms with van der Waals surface area (Å²) < 4.78 is 0. The fraction of sp³-hybridized carbons (Fsp3) is 0.462. The predicted octanol–water partition coefficient (Wildman–Crippen LogP) is -0.830. The van der Waals surface area contributed by atoms with E-state index in [-0.39, 0.29) is 18.3 Å². The SMILES string of the molecule is O=C(NCCN1CCCC1)c1ccccc1Cl.[Cl-]. The number of likely N-dealkylation sites (tertiary alicyclic amines) is 1. The van der Waals surface area contributed by atoms with E-state index in [1.54, 1.807) is 12.1 Å². The molecule has 1 aromatic carbocycles. The van der Waals surface area contributed by atoms with Gasteiger partial charge in [-0.25, -0.2) is 0 Å². The first-order valence-corrected chi connectivity index (χ1v) is 6.40. The number of halogens is 2. The molecule has 1 saturated heterocycles. The lowest BCUT2D eigenvalue weighted by atomic mass is 10.2. The van der Waals surface area contributed by atoms with Crippen molar-refractivity contribution >= 4 is 17.5 Å². The Morgan fingerprint density at radius 1 is 1.28 bits per heavy atom. The summed E-state index contributed by atoms with van der Waals surface area (Å²) >= 11 is 5.95. The Balaban J connectivity index is 0.00000162. The molecule has 18 heavy (non-hydrogen) atoms. The van der Waals surface area contributed by atoms with Crippen LogP contribution >= 0.6 is 11.6 Å². The number of rotatable bonds is 4. The lowest BCUT2D eigenvalue weighted by molar-refractivity contribution is -0.0000118. The molecule has 1 aliphatic heterocycles. The normalized spacial score (nSPS) is 15.2. The maximum Gasteiger partial charge on any atom is 0.252 e. The van der Waals surface area contributed by atoms with E-state index in [2.05, 4.69) is 10.2 Å². The molecule has 1 amide bonds. The molecule has 5 heteroatoms. The van der Waals surface area contributed by atoms with Gasteiger partial charge in [0.25, 0.3) is 5.91 Å². The molecule has 0 aliphatic carbocycles. The molecule has 1 heterocycles. The Kier molecular flexibility index (Phi) is 6.47. The molecule has 100 valence electrons. The van der Waals surface area contributed by atoms with Crippen LogP contribution in [0.1, 0.15) is 23.2 Å². The third kappa shape index (κ3) is 4.16. The third-order valence-corrected chi connectivity index (χ3v) is 3.36. The Morgan fingerprint density at radius 2 is 1.94 bits per heavy atom. The zero-order valence-electron chi connectivity index (χ0n) is 10.2. The van der Waals surface area contributed by atoms with Crippen LogP contribution in [0.15, 0.2) is 24.3 Å². The van der Waals surface area contributed by atoms with Crippen molar-refractivity contribution < 1.29 is 17.2 Å². The lowest BCUT2D eigenvalue weighted by Gasteiger charge is -2.14. The van der Waals surface area contributed by atoms with Gasteiger partial charge in [-0.3, -0.25) is 4.79 Å². The van der Waals surface area contributed by atoms with Crippen LogP contribution in [-0.4, -0.2) is 37.0 Å². The second kappa shape index (κ2) is 7.62. The highest BCUT2D eigenvalue weighted by molar-refractivity contribution is 6.33. The number of carbonyl (C=O) groups is 1. The molecular formula is C13H17Cl2N2O-. The van der Waals surface area contributed by atoms with Gasteiger partial charge in [0.2, 0.25) is 0 Å². The standard InChI is InChI=1S/C13H17ClN2O.ClH/c14-12-6-2-1-5-11(12)13(17)15-7-10-16-8-3-4-9-16;/h1-2,5-6H,3-4,7-10H2,(H,15,17);1H/p-1. The van der Waals surface area contributed by atoms with Crippen molar-refractivity contribution in [2.45, 2.75) is 12.8 Å². The van der Waals surface area contributed by atoms with Gasteiger partial charge in [0, 0.05) is 13.1 Å². The summed E-state index contributed by atoms with van der Waals surface area (Å²) in [7, 11) is 0. The molecule has 2 rings (SSSR count). The second-order valence-corrected chi connectivity index (χ2v) is 4.69. The first-order chi connectivity index (χ1) is 8.27. The number of amides is 1. The molecule has 0 saturated carbocycles. The van der Waals surface area contributed by atoms with Crippen molar-refractivity contribution in [2.24, 2.45) is 0 Å². The summed E-state index contributed by atoms with van der Waals surface area (Å²) in [4.78, 5) is 14.2. The van der Waals surface area contributed by atoms with E-state index in [0.717, 1.165) is 19.6 Å². The van der Waals surface area contributed by atoms with E-state index in [1.807, 2.05) is 12.1 Å². The van der Waals surface area contributed by atoms with Crippen LogP contribution < -0.4 is 17.7 Å². The van der Waals surface area contributed by atoms with Crippen molar-refractivity contribution in [3.8, 4) is 0 Å². The van der Waals surface area contributed by atoms with Gasteiger partial charge in [0.05, 0.1) is 10.6 Å². The van der Waals surface area contributed by atoms with E-state index < -0.39 is 0 Å². The van der Waals surface area contributed by atoms with E-state index in [9.17, 15) is 4.79 Å². The molecule has 0 spiro atoms. The van der Waals surface area contributed by atoms with E-state index >= 15 is 0 Å². The van der Waals surface area contributed by atoms with Crippen LogP contribution in [0.25, 0.3) is 0 Å². The number of nitrogens with zero attached hydrogens (tertiary/aromatic N) is 1. The van der Waals surface area contributed by atoms with Gasteiger partial charge < -0.3 is 22.6 Å². The van der Waals surface area contributed by atoms with Crippen molar-refractivity contribution in [1.82, 2.24) is 10.2 Å². The largest absolute Gasteiger partial charge is 1.00 e. The number of carbonyl (C=O) groups excluding carboxylic acids is 1. The van der Waals surface area contributed by atoms with Crippen LogP contribution in [0.5, 0.6) is 0 Å². The van der Waals surface area contributed by atoms with Gasteiger partial charge in [-0.1, -0.05) is 23.7 Å². The van der Waals surface area contributed by atoms with Crippen LogP contribution in [0, 0.1) is 0 Å². The fourth-order valence-corrected chi connectivity index (χ4v) is 2.30. The van der Waals surface area contributed by atoms with Gasteiger partial charge in [-0.05, 0) is 38.1 Å². The molecule has 1 N–H and O–H groups in total. The minimum absolute atomic E-state index is 0. The summed E-state index contributed by atoms with van der Waals surface area (Å²) in [6.45, 7) is 3.92.